The highest BCUT2D eigenvalue weighted by Gasteiger charge is 2.12. The van der Waals surface area contributed by atoms with Crippen LogP contribution in [0.1, 0.15) is 16.8 Å². The maximum Gasteiger partial charge on any atom is 0.122 e. The normalized spacial score (nSPS) is 13.5. The van der Waals surface area contributed by atoms with Gasteiger partial charge in [-0.2, -0.15) is 5.10 Å². The summed E-state index contributed by atoms with van der Waals surface area (Å²) in [5, 5.41) is 6.83. The third kappa shape index (κ3) is 1.52. The summed E-state index contributed by atoms with van der Waals surface area (Å²) >= 11 is 0. The van der Waals surface area contributed by atoms with E-state index in [4.69, 9.17) is 10.5 Å². The molecular weight excluding hydrogens is 202 g/mol. The number of nitrogens with zero attached hydrogens (tertiary/aromatic N) is 1. The van der Waals surface area contributed by atoms with Gasteiger partial charge in [-0.3, -0.25) is 5.10 Å². The van der Waals surface area contributed by atoms with Crippen molar-refractivity contribution in [2.45, 2.75) is 12.8 Å². The van der Waals surface area contributed by atoms with E-state index in [0.717, 1.165) is 36.6 Å². The second-order valence-corrected chi connectivity index (χ2v) is 4.02. The van der Waals surface area contributed by atoms with Crippen molar-refractivity contribution in [2.75, 3.05) is 12.3 Å². The van der Waals surface area contributed by atoms with Crippen molar-refractivity contribution in [1.82, 2.24) is 10.2 Å². The zero-order chi connectivity index (χ0) is 11.0. The molecule has 1 aromatic heterocycles. The van der Waals surface area contributed by atoms with E-state index in [-0.39, 0.29) is 0 Å². The second-order valence-electron chi connectivity index (χ2n) is 4.02. The predicted molar refractivity (Wildman–Crippen MR) is 61.4 cm³/mol. The largest absolute Gasteiger partial charge is 0.493 e. The van der Waals surface area contributed by atoms with Gasteiger partial charge in [-0.1, -0.05) is 12.1 Å². The number of benzene rings is 1. The summed E-state index contributed by atoms with van der Waals surface area (Å²) < 4.78 is 5.47. The molecule has 2 aromatic rings. The maximum absolute atomic E-state index is 5.78. The van der Waals surface area contributed by atoms with Crippen LogP contribution in [-0.4, -0.2) is 16.8 Å². The third-order valence-electron chi connectivity index (χ3n) is 2.89. The lowest BCUT2D eigenvalue weighted by Crippen LogP contribution is -1.94. The number of nitrogens with one attached hydrogen (secondary N) is 1. The quantitative estimate of drug-likeness (QED) is 0.798. The topological polar surface area (TPSA) is 63.9 Å². The Bertz CT molecular complexity index is 519. The molecule has 1 aliphatic rings. The highest BCUT2D eigenvalue weighted by molar-refractivity contribution is 5.45. The van der Waals surface area contributed by atoms with Crippen LogP contribution in [0.2, 0.25) is 0 Å². The molecule has 3 rings (SSSR count). The molecule has 0 saturated heterocycles. The van der Waals surface area contributed by atoms with E-state index in [9.17, 15) is 0 Å². The summed E-state index contributed by atoms with van der Waals surface area (Å²) in [5.41, 5.74) is 10.00. The van der Waals surface area contributed by atoms with Gasteiger partial charge in [-0.15, -0.1) is 0 Å². The number of H-pyrrole nitrogens is 1. The van der Waals surface area contributed by atoms with Gasteiger partial charge in [0.2, 0.25) is 0 Å². The van der Waals surface area contributed by atoms with Gasteiger partial charge in [0, 0.05) is 12.8 Å². The van der Waals surface area contributed by atoms with Crippen molar-refractivity contribution in [3.05, 3.63) is 41.2 Å². The molecule has 82 valence electrons. The molecule has 4 heteroatoms. The molecule has 0 radical (unpaired) electrons. The van der Waals surface area contributed by atoms with Gasteiger partial charge in [0.05, 0.1) is 24.2 Å². The number of rotatable bonds is 2. The lowest BCUT2D eigenvalue weighted by Gasteiger charge is -2.03. The van der Waals surface area contributed by atoms with Gasteiger partial charge < -0.3 is 10.5 Å². The summed E-state index contributed by atoms with van der Waals surface area (Å²) in [7, 11) is 0. The van der Waals surface area contributed by atoms with Crippen LogP contribution in [0.5, 0.6) is 5.75 Å². The Labute approximate surface area is 93.4 Å². The number of hydrogen-bond donors (Lipinski definition) is 2. The molecule has 1 aliphatic heterocycles. The van der Waals surface area contributed by atoms with Crippen LogP contribution in [0, 0.1) is 0 Å². The van der Waals surface area contributed by atoms with E-state index < -0.39 is 0 Å². The summed E-state index contributed by atoms with van der Waals surface area (Å²) in [5.74, 6) is 1.02. The van der Waals surface area contributed by atoms with E-state index in [1.807, 2.05) is 6.07 Å². The Hall–Kier alpha value is -1.97. The zero-order valence-electron chi connectivity index (χ0n) is 8.86. The Kier molecular flexibility index (Phi) is 2.06. The highest BCUT2D eigenvalue weighted by atomic mass is 16.5. The molecule has 2 heterocycles. The first-order valence-electron chi connectivity index (χ1n) is 5.35. The summed E-state index contributed by atoms with van der Waals surface area (Å²) in [6, 6.07) is 6.29. The Morgan fingerprint density at radius 1 is 1.44 bits per heavy atom. The number of fused-ring (bicyclic) bond motifs is 1. The van der Waals surface area contributed by atoms with Crippen LogP contribution in [-0.2, 0) is 12.8 Å². The smallest absolute Gasteiger partial charge is 0.122 e. The number of anilines is 1. The van der Waals surface area contributed by atoms with Crippen LogP contribution >= 0.6 is 0 Å². The minimum atomic E-state index is 0.719. The van der Waals surface area contributed by atoms with Crippen molar-refractivity contribution >= 4 is 5.69 Å². The minimum Gasteiger partial charge on any atom is -0.493 e. The van der Waals surface area contributed by atoms with Crippen LogP contribution in [0.25, 0.3) is 0 Å². The first-order chi connectivity index (χ1) is 7.83. The van der Waals surface area contributed by atoms with E-state index in [1.54, 1.807) is 6.20 Å². The molecule has 16 heavy (non-hydrogen) atoms. The van der Waals surface area contributed by atoms with E-state index in [1.165, 1.54) is 11.1 Å². The van der Waals surface area contributed by atoms with Gasteiger partial charge in [-0.25, -0.2) is 0 Å². The molecule has 0 aliphatic carbocycles. The van der Waals surface area contributed by atoms with Gasteiger partial charge in [0.1, 0.15) is 5.75 Å². The van der Waals surface area contributed by atoms with E-state index in [2.05, 4.69) is 22.3 Å². The van der Waals surface area contributed by atoms with E-state index >= 15 is 0 Å². The van der Waals surface area contributed by atoms with Crippen LogP contribution in [0.4, 0.5) is 5.69 Å². The van der Waals surface area contributed by atoms with Crippen molar-refractivity contribution in [3.63, 3.8) is 0 Å². The number of hydrogen-bond acceptors (Lipinski definition) is 3. The molecule has 0 bridgehead atoms. The van der Waals surface area contributed by atoms with Crippen LogP contribution < -0.4 is 10.5 Å². The number of nitrogen functional groups attached to an aromatic ring is 1. The van der Waals surface area contributed by atoms with Crippen molar-refractivity contribution in [2.24, 2.45) is 0 Å². The van der Waals surface area contributed by atoms with Crippen molar-refractivity contribution < 1.29 is 4.74 Å². The van der Waals surface area contributed by atoms with Gasteiger partial charge in [-0.05, 0) is 17.2 Å². The first kappa shape index (κ1) is 9.27. The third-order valence-corrected chi connectivity index (χ3v) is 2.89. The molecule has 0 amide bonds. The Balaban J connectivity index is 1.88. The van der Waals surface area contributed by atoms with Crippen LogP contribution in [0.15, 0.2) is 24.4 Å². The predicted octanol–water partition coefficient (Wildman–Crippen LogP) is 1.52. The standard InChI is InChI=1S/C12H13N3O/c13-10-7-14-15-11(10)6-8-1-2-12-9(5-8)3-4-16-12/h1-2,5,7H,3-4,6,13H2,(H,14,15). The summed E-state index contributed by atoms with van der Waals surface area (Å²) in [6.07, 6.45) is 3.44. The SMILES string of the molecule is Nc1cn[nH]c1Cc1ccc2c(c1)CCO2. The maximum atomic E-state index is 5.78. The second kappa shape index (κ2) is 3.56. The fraction of sp³-hybridized carbons (Fsp3) is 0.250. The molecule has 0 unspecified atom stereocenters. The number of ether oxygens (including phenoxy) is 1. The Morgan fingerprint density at radius 3 is 3.19 bits per heavy atom. The van der Waals surface area contributed by atoms with Gasteiger partial charge in [0.25, 0.3) is 0 Å². The molecule has 0 saturated carbocycles. The highest BCUT2D eigenvalue weighted by Crippen LogP contribution is 2.27. The summed E-state index contributed by atoms with van der Waals surface area (Å²) in [6.45, 7) is 0.797. The lowest BCUT2D eigenvalue weighted by molar-refractivity contribution is 0.357. The molecular formula is C12H13N3O. The van der Waals surface area contributed by atoms with Gasteiger partial charge in [0.15, 0.2) is 0 Å². The average Bonchev–Trinajstić information content (AvgIpc) is 2.88. The molecule has 4 nitrogen and oxygen atoms in total. The molecule has 0 fully saturated rings. The fourth-order valence-electron chi connectivity index (χ4n) is 2.02. The minimum absolute atomic E-state index is 0.719. The molecule has 1 aromatic carbocycles. The number of aromatic amines is 1. The van der Waals surface area contributed by atoms with Crippen molar-refractivity contribution in [1.29, 1.82) is 0 Å². The lowest BCUT2D eigenvalue weighted by atomic mass is 10.0. The monoisotopic (exact) mass is 215 g/mol. The average molecular weight is 215 g/mol. The molecule has 0 atom stereocenters. The van der Waals surface area contributed by atoms with Crippen molar-refractivity contribution in [3.8, 4) is 5.75 Å². The molecule has 3 N–H and O–H groups in total. The zero-order valence-corrected chi connectivity index (χ0v) is 8.86. The Morgan fingerprint density at radius 2 is 2.38 bits per heavy atom. The number of nitrogens with two attached hydrogens (primary N) is 1. The first-order valence-corrected chi connectivity index (χ1v) is 5.35. The number of aromatic nitrogens is 2. The van der Waals surface area contributed by atoms with Gasteiger partial charge >= 0.3 is 0 Å². The molecule has 0 spiro atoms. The van der Waals surface area contributed by atoms with Crippen LogP contribution in [0.3, 0.4) is 0 Å². The summed E-state index contributed by atoms with van der Waals surface area (Å²) in [4.78, 5) is 0. The fourth-order valence-corrected chi connectivity index (χ4v) is 2.02. The van der Waals surface area contributed by atoms with E-state index in [0.29, 0.717) is 0 Å².